The summed E-state index contributed by atoms with van der Waals surface area (Å²) in [7, 11) is 5.77. The van der Waals surface area contributed by atoms with Crippen molar-refractivity contribution in [1.82, 2.24) is 20.0 Å². The fourth-order valence-electron chi connectivity index (χ4n) is 2.14. The fourth-order valence-corrected chi connectivity index (χ4v) is 2.14. The second-order valence-electron chi connectivity index (χ2n) is 5.11. The van der Waals surface area contributed by atoms with E-state index >= 15 is 0 Å². The van der Waals surface area contributed by atoms with E-state index in [0.29, 0.717) is 6.04 Å². The van der Waals surface area contributed by atoms with Crippen LogP contribution in [0.1, 0.15) is 31.5 Å². The topological polar surface area (TPSA) is 42.3 Å². The summed E-state index contributed by atoms with van der Waals surface area (Å²) in [6, 6.07) is 0.636. The lowest BCUT2D eigenvalue weighted by Gasteiger charge is -2.23. The van der Waals surface area contributed by atoms with E-state index in [2.05, 4.69) is 36.2 Å². The Morgan fingerprint density at radius 1 is 1.47 bits per heavy atom. The molecule has 1 aromatic heterocycles. The molecule has 0 aliphatic heterocycles. The van der Waals surface area contributed by atoms with Gasteiger partial charge < -0.3 is 15.0 Å². The minimum absolute atomic E-state index is 0.636. The summed E-state index contributed by atoms with van der Waals surface area (Å²) in [4.78, 5) is 2.38. The van der Waals surface area contributed by atoms with E-state index in [9.17, 15) is 0 Å². The normalized spacial score (nSPS) is 13.0. The van der Waals surface area contributed by atoms with Gasteiger partial charge in [-0.15, -0.1) is 0 Å². The molecule has 0 bridgehead atoms. The first-order valence-electron chi connectivity index (χ1n) is 6.98. The number of hydrogen-bond acceptors (Lipinski definition) is 4. The number of nitrogens with one attached hydrogen (secondary N) is 1. The van der Waals surface area contributed by atoms with Crippen LogP contribution in [0.25, 0.3) is 0 Å². The molecule has 0 saturated carbocycles. The summed E-state index contributed by atoms with van der Waals surface area (Å²) in [6.07, 6.45) is 1.19. The molecule has 0 radical (unpaired) electrons. The van der Waals surface area contributed by atoms with Crippen LogP contribution < -0.4 is 10.1 Å². The van der Waals surface area contributed by atoms with Gasteiger partial charge in [0.25, 0.3) is 0 Å². The van der Waals surface area contributed by atoms with Gasteiger partial charge in [-0.25, -0.2) is 4.68 Å². The number of likely N-dealkylation sites (N-methyl/N-ethyl adjacent to an activating group) is 1. The van der Waals surface area contributed by atoms with Crippen LogP contribution in [0.5, 0.6) is 5.88 Å². The van der Waals surface area contributed by atoms with E-state index in [4.69, 9.17) is 4.74 Å². The molecule has 1 aromatic rings. The van der Waals surface area contributed by atoms with Crippen molar-refractivity contribution in [3.63, 3.8) is 0 Å². The maximum atomic E-state index is 5.38. The Kier molecular flexibility index (Phi) is 6.31. The molecule has 0 aliphatic rings. The molecule has 19 heavy (non-hydrogen) atoms. The smallest absolute Gasteiger partial charge is 0.216 e. The number of nitrogens with zero attached hydrogens (tertiary/aromatic N) is 3. The Hall–Kier alpha value is -1.07. The van der Waals surface area contributed by atoms with Gasteiger partial charge in [0.05, 0.1) is 18.4 Å². The summed E-state index contributed by atoms with van der Waals surface area (Å²) >= 11 is 0. The van der Waals surface area contributed by atoms with Crippen LogP contribution in [0.2, 0.25) is 0 Å². The van der Waals surface area contributed by atoms with E-state index in [0.717, 1.165) is 36.8 Å². The third-order valence-electron chi connectivity index (χ3n) is 3.77. The lowest BCUT2D eigenvalue weighted by molar-refractivity contribution is 0.251. The third kappa shape index (κ3) is 4.21. The van der Waals surface area contributed by atoms with E-state index in [1.807, 2.05) is 14.0 Å². The average Bonchev–Trinajstić information content (AvgIpc) is 2.67. The maximum Gasteiger partial charge on any atom is 0.216 e. The Morgan fingerprint density at radius 3 is 2.74 bits per heavy atom. The highest BCUT2D eigenvalue weighted by Gasteiger charge is 2.13. The predicted octanol–water partition coefficient (Wildman–Crippen LogP) is 1.56. The zero-order valence-electron chi connectivity index (χ0n) is 13.2. The van der Waals surface area contributed by atoms with Crippen LogP contribution in [0.15, 0.2) is 0 Å². The highest BCUT2D eigenvalue weighted by atomic mass is 16.5. The first-order valence-corrected chi connectivity index (χ1v) is 6.98. The first-order chi connectivity index (χ1) is 9.01. The average molecular weight is 268 g/mol. The fraction of sp³-hybridized carbons (Fsp3) is 0.786. The van der Waals surface area contributed by atoms with Crippen LogP contribution in [0, 0.1) is 6.92 Å². The van der Waals surface area contributed by atoms with Crippen LogP contribution in [-0.2, 0) is 13.6 Å². The highest BCUT2D eigenvalue weighted by Crippen LogP contribution is 2.20. The van der Waals surface area contributed by atoms with Crippen molar-refractivity contribution in [3.8, 4) is 5.88 Å². The second-order valence-corrected chi connectivity index (χ2v) is 5.11. The zero-order valence-corrected chi connectivity index (χ0v) is 13.2. The van der Waals surface area contributed by atoms with Crippen LogP contribution in [0.3, 0.4) is 0 Å². The van der Waals surface area contributed by atoms with E-state index in [1.165, 1.54) is 6.42 Å². The lowest BCUT2D eigenvalue weighted by Crippen LogP contribution is -2.34. The number of aryl methyl sites for hydroxylation is 2. The predicted molar refractivity (Wildman–Crippen MR) is 78.6 cm³/mol. The molecule has 1 N–H and O–H groups in total. The van der Waals surface area contributed by atoms with Crippen molar-refractivity contribution in [1.29, 1.82) is 0 Å². The van der Waals surface area contributed by atoms with Gasteiger partial charge in [-0.3, -0.25) is 0 Å². The molecular weight excluding hydrogens is 240 g/mol. The SMILES string of the molecule is CCC(C)N(C)CCNCc1c(C)nn(C)c1OC. The summed E-state index contributed by atoms with van der Waals surface area (Å²) in [5.74, 6) is 0.847. The van der Waals surface area contributed by atoms with Gasteiger partial charge in [-0.2, -0.15) is 5.10 Å². The monoisotopic (exact) mass is 268 g/mol. The van der Waals surface area contributed by atoms with Crippen molar-refractivity contribution in [2.45, 2.75) is 39.8 Å². The summed E-state index contributed by atoms with van der Waals surface area (Å²) < 4.78 is 7.17. The molecule has 0 spiro atoms. The van der Waals surface area contributed by atoms with E-state index in [-0.39, 0.29) is 0 Å². The number of hydrogen-bond donors (Lipinski definition) is 1. The molecule has 0 aromatic carbocycles. The Bertz CT molecular complexity index is 389. The van der Waals surface area contributed by atoms with Gasteiger partial charge >= 0.3 is 0 Å². The second kappa shape index (κ2) is 7.50. The molecule has 5 heteroatoms. The summed E-state index contributed by atoms with van der Waals surface area (Å²) in [6.45, 7) is 9.32. The Labute approximate surface area is 116 Å². The number of ether oxygens (including phenoxy) is 1. The molecule has 1 unspecified atom stereocenters. The molecule has 0 amide bonds. The zero-order chi connectivity index (χ0) is 14.4. The van der Waals surface area contributed by atoms with E-state index < -0.39 is 0 Å². The van der Waals surface area contributed by atoms with Gasteiger partial charge in [-0.05, 0) is 27.3 Å². The van der Waals surface area contributed by atoms with E-state index in [1.54, 1.807) is 11.8 Å². The minimum Gasteiger partial charge on any atom is -0.481 e. The molecule has 110 valence electrons. The Morgan fingerprint density at radius 2 is 2.16 bits per heavy atom. The number of rotatable bonds is 8. The van der Waals surface area contributed by atoms with Crippen LogP contribution in [-0.4, -0.2) is 48.0 Å². The quantitative estimate of drug-likeness (QED) is 0.727. The summed E-state index contributed by atoms with van der Waals surface area (Å²) in [5, 5.41) is 7.84. The maximum absolute atomic E-state index is 5.38. The van der Waals surface area contributed by atoms with Crippen molar-refractivity contribution >= 4 is 0 Å². The standard InChI is InChI=1S/C14H28N4O/c1-7-11(2)17(4)9-8-15-10-13-12(3)16-18(5)14(13)19-6/h11,15H,7-10H2,1-6H3. The van der Waals surface area contributed by atoms with Gasteiger partial charge in [0, 0.05) is 32.7 Å². The highest BCUT2D eigenvalue weighted by molar-refractivity contribution is 5.30. The van der Waals surface area contributed by atoms with Crippen molar-refractivity contribution in [2.75, 3.05) is 27.2 Å². The van der Waals surface area contributed by atoms with Gasteiger partial charge in [0.2, 0.25) is 5.88 Å². The molecule has 1 rings (SSSR count). The molecule has 0 saturated heterocycles. The number of aromatic nitrogens is 2. The molecular formula is C14H28N4O. The molecule has 5 nitrogen and oxygen atoms in total. The first kappa shape index (κ1) is 16.0. The minimum atomic E-state index is 0.636. The van der Waals surface area contributed by atoms with Gasteiger partial charge in [-0.1, -0.05) is 6.92 Å². The lowest BCUT2D eigenvalue weighted by atomic mass is 10.2. The largest absolute Gasteiger partial charge is 0.481 e. The Balaban J connectivity index is 2.42. The summed E-state index contributed by atoms with van der Waals surface area (Å²) in [5.41, 5.74) is 2.18. The molecule has 1 atom stereocenters. The van der Waals surface area contributed by atoms with Crippen molar-refractivity contribution in [2.24, 2.45) is 7.05 Å². The van der Waals surface area contributed by atoms with Crippen molar-refractivity contribution < 1.29 is 4.74 Å². The molecule has 0 fully saturated rings. The number of methoxy groups -OCH3 is 1. The molecule has 1 heterocycles. The van der Waals surface area contributed by atoms with Gasteiger partial charge in [0.15, 0.2) is 0 Å². The van der Waals surface area contributed by atoms with Crippen LogP contribution in [0.4, 0.5) is 0 Å². The van der Waals surface area contributed by atoms with Crippen LogP contribution >= 0.6 is 0 Å². The third-order valence-corrected chi connectivity index (χ3v) is 3.77. The van der Waals surface area contributed by atoms with Gasteiger partial charge in [0.1, 0.15) is 0 Å². The molecule has 0 aliphatic carbocycles. The van der Waals surface area contributed by atoms with Crippen molar-refractivity contribution in [3.05, 3.63) is 11.3 Å².